The maximum atomic E-state index is 12.9. The van der Waals surface area contributed by atoms with E-state index in [1.165, 1.54) is 15.6 Å². The van der Waals surface area contributed by atoms with Crippen molar-refractivity contribution >= 4 is 32.4 Å². The summed E-state index contributed by atoms with van der Waals surface area (Å²) in [5.74, 6) is 0.720. The third-order valence-corrected chi connectivity index (χ3v) is 8.18. The molecule has 1 amide bonds. The number of fused-ring (bicyclic) bond motifs is 1. The summed E-state index contributed by atoms with van der Waals surface area (Å²) >= 11 is 1.33. The van der Waals surface area contributed by atoms with Gasteiger partial charge in [0, 0.05) is 24.0 Å². The number of nitrogens with zero attached hydrogens (tertiary/aromatic N) is 2. The highest BCUT2D eigenvalue weighted by Gasteiger charge is 2.33. The minimum Gasteiger partial charge on any atom is -0.454 e. The summed E-state index contributed by atoms with van der Waals surface area (Å²) < 4.78 is 38.0. The monoisotopic (exact) mass is 471 g/mol. The Balaban J connectivity index is 1.26. The zero-order valence-corrected chi connectivity index (χ0v) is 18.7. The number of nitrogens with one attached hydrogen (secondary N) is 1. The molecule has 5 rings (SSSR count). The van der Waals surface area contributed by atoms with Crippen molar-refractivity contribution in [1.29, 1.82) is 0 Å². The molecule has 0 radical (unpaired) electrons. The summed E-state index contributed by atoms with van der Waals surface area (Å²) in [6, 6.07) is 13.9. The van der Waals surface area contributed by atoms with Crippen molar-refractivity contribution in [2.75, 3.05) is 25.2 Å². The van der Waals surface area contributed by atoms with Crippen molar-refractivity contribution < 1.29 is 22.7 Å². The summed E-state index contributed by atoms with van der Waals surface area (Å²) in [5, 5.41) is 5.20. The van der Waals surface area contributed by atoms with E-state index in [1.807, 2.05) is 23.6 Å². The van der Waals surface area contributed by atoms with Gasteiger partial charge in [0.2, 0.25) is 22.7 Å². The number of ether oxygens (including phenoxy) is 2. The van der Waals surface area contributed by atoms with Gasteiger partial charge in [0.15, 0.2) is 16.6 Å². The highest BCUT2D eigenvalue weighted by atomic mass is 32.2. The summed E-state index contributed by atoms with van der Waals surface area (Å²) in [4.78, 5) is 17.6. The molecule has 0 spiro atoms. The molecular formula is C22H21N3O5S2. The van der Waals surface area contributed by atoms with Gasteiger partial charge in [-0.3, -0.25) is 4.79 Å². The van der Waals surface area contributed by atoms with Gasteiger partial charge in [0.25, 0.3) is 0 Å². The molecule has 32 heavy (non-hydrogen) atoms. The number of rotatable bonds is 5. The van der Waals surface area contributed by atoms with Crippen LogP contribution in [0.15, 0.2) is 58.8 Å². The van der Waals surface area contributed by atoms with E-state index in [1.54, 1.807) is 30.3 Å². The fourth-order valence-corrected chi connectivity index (χ4v) is 6.11. The fourth-order valence-electron chi connectivity index (χ4n) is 3.84. The van der Waals surface area contributed by atoms with E-state index < -0.39 is 15.9 Å². The number of sulfonamides is 1. The van der Waals surface area contributed by atoms with Crippen LogP contribution in [0.3, 0.4) is 0 Å². The molecule has 1 atom stereocenters. The molecule has 10 heteroatoms. The molecule has 0 aliphatic carbocycles. The zero-order chi connectivity index (χ0) is 22.1. The minimum atomic E-state index is -3.62. The maximum absolute atomic E-state index is 12.9. The van der Waals surface area contributed by atoms with Gasteiger partial charge in [0.1, 0.15) is 0 Å². The van der Waals surface area contributed by atoms with E-state index in [0.29, 0.717) is 36.0 Å². The van der Waals surface area contributed by atoms with E-state index in [0.717, 1.165) is 11.3 Å². The number of carbonyl (C=O) groups is 1. The first-order chi connectivity index (χ1) is 15.5. The predicted octanol–water partition coefficient (Wildman–Crippen LogP) is 3.58. The van der Waals surface area contributed by atoms with Gasteiger partial charge < -0.3 is 14.8 Å². The lowest BCUT2D eigenvalue weighted by Crippen LogP contribution is -2.43. The van der Waals surface area contributed by atoms with Gasteiger partial charge in [-0.2, -0.15) is 4.31 Å². The van der Waals surface area contributed by atoms with Crippen LogP contribution in [0.5, 0.6) is 11.5 Å². The van der Waals surface area contributed by atoms with Crippen molar-refractivity contribution in [2.45, 2.75) is 17.7 Å². The van der Waals surface area contributed by atoms with E-state index >= 15 is 0 Å². The Morgan fingerprint density at radius 1 is 1.12 bits per heavy atom. The normalized spacial score (nSPS) is 18.4. The van der Waals surface area contributed by atoms with Crippen LogP contribution in [0, 0.1) is 5.92 Å². The average molecular weight is 472 g/mol. The Bertz CT molecular complexity index is 1240. The van der Waals surface area contributed by atoms with Gasteiger partial charge >= 0.3 is 0 Å². The van der Waals surface area contributed by atoms with Gasteiger partial charge in [0.05, 0.1) is 16.5 Å². The van der Waals surface area contributed by atoms with Crippen LogP contribution in [0.1, 0.15) is 12.8 Å². The highest BCUT2D eigenvalue weighted by Crippen LogP contribution is 2.36. The number of hydrogen-bond acceptors (Lipinski definition) is 7. The third kappa shape index (κ3) is 4.08. The Labute approximate surface area is 189 Å². The predicted molar refractivity (Wildman–Crippen MR) is 120 cm³/mol. The number of amides is 1. The average Bonchev–Trinajstić information content (AvgIpc) is 3.48. The minimum absolute atomic E-state index is 0.156. The second kappa shape index (κ2) is 8.53. The smallest absolute Gasteiger partial charge is 0.243 e. The van der Waals surface area contributed by atoms with Crippen LogP contribution in [0.4, 0.5) is 5.13 Å². The first kappa shape index (κ1) is 20.9. The molecule has 0 bridgehead atoms. The SMILES string of the molecule is O=C(Nc1nc(-c2ccc3c(c2)OCO3)cs1)C1CCCN(S(=O)(=O)c2ccccc2)C1. The lowest BCUT2D eigenvalue weighted by Gasteiger charge is -2.31. The third-order valence-electron chi connectivity index (χ3n) is 5.54. The molecule has 3 aromatic rings. The first-order valence-corrected chi connectivity index (χ1v) is 12.5. The number of carbonyl (C=O) groups excluding carboxylic acids is 1. The molecule has 1 N–H and O–H groups in total. The molecule has 166 valence electrons. The molecule has 1 saturated heterocycles. The Hall–Kier alpha value is -2.95. The number of hydrogen-bond donors (Lipinski definition) is 1. The molecule has 1 unspecified atom stereocenters. The number of anilines is 1. The lowest BCUT2D eigenvalue weighted by atomic mass is 9.99. The first-order valence-electron chi connectivity index (χ1n) is 10.2. The summed E-state index contributed by atoms with van der Waals surface area (Å²) in [5.41, 5.74) is 1.59. The molecule has 2 aliphatic heterocycles. The molecule has 1 fully saturated rings. The molecule has 8 nitrogen and oxygen atoms in total. The fraction of sp³-hybridized carbons (Fsp3) is 0.273. The van der Waals surface area contributed by atoms with Gasteiger partial charge in [-0.25, -0.2) is 13.4 Å². The quantitative estimate of drug-likeness (QED) is 0.611. The summed E-state index contributed by atoms with van der Waals surface area (Å²) in [7, 11) is -3.62. The molecule has 1 aromatic heterocycles. The van der Waals surface area contributed by atoms with Crippen molar-refractivity contribution in [3.63, 3.8) is 0 Å². The number of benzene rings is 2. The van der Waals surface area contributed by atoms with Crippen LogP contribution < -0.4 is 14.8 Å². The molecule has 3 heterocycles. The van der Waals surface area contributed by atoms with Crippen molar-refractivity contribution in [3.05, 3.63) is 53.9 Å². The van der Waals surface area contributed by atoms with E-state index in [-0.39, 0.29) is 24.1 Å². The second-order valence-electron chi connectivity index (χ2n) is 7.61. The molecule has 2 aliphatic rings. The van der Waals surface area contributed by atoms with Gasteiger partial charge in [-0.1, -0.05) is 18.2 Å². The number of thiazole rings is 1. The highest BCUT2D eigenvalue weighted by molar-refractivity contribution is 7.89. The summed E-state index contributed by atoms with van der Waals surface area (Å²) in [6.45, 7) is 0.769. The van der Waals surface area contributed by atoms with Crippen molar-refractivity contribution in [3.8, 4) is 22.8 Å². The van der Waals surface area contributed by atoms with E-state index in [2.05, 4.69) is 10.3 Å². The van der Waals surface area contributed by atoms with E-state index in [4.69, 9.17) is 9.47 Å². The maximum Gasteiger partial charge on any atom is 0.243 e. The zero-order valence-electron chi connectivity index (χ0n) is 17.1. The summed E-state index contributed by atoms with van der Waals surface area (Å²) in [6.07, 6.45) is 1.26. The Morgan fingerprint density at radius 3 is 2.78 bits per heavy atom. The van der Waals surface area contributed by atoms with Gasteiger partial charge in [-0.05, 0) is 43.2 Å². The van der Waals surface area contributed by atoms with Crippen LogP contribution >= 0.6 is 11.3 Å². The standard InChI is InChI=1S/C22H21N3O5S2/c26-21(16-5-4-10-25(12-16)32(27,28)17-6-2-1-3-7-17)24-22-23-18(13-31-22)15-8-9-19-20(11-15)30-14-29-19/h1-3,6-9,11,13,16H,4-5,10,12,14H2,(H,23,24,26). The van der Waals surface area contributed by atoms with Crippen LogP contribution in [-0.2, 0) is 14.8 Å². The number of piperidine rings is 1. The Morgan fingerprint density at radius 2 is 1.94 bits per heavy atom. The van der Waals surface area contributed by atoms with Crippen molar-refractivity contribution in [2.24, 2.45) is 5.92 Å². The largest absolute Gasteiger partial charge is 0.454 e. The van der Waals surface area contributed by atoms with Gasteiger partial charge in [-0.15, -0.1) is 11.3 Å². The second-order valence-corrected chi connectivity index (χ2v) is 10.4. The Kier molecular flexibility index (Phi) is 5.58. The van der Waals surface area contributed by atoms with Crippen LogP contribution in [0.2, 0.25) is 0 Å². The van der Waals surface area contributed by atoms with E-state index in [9.17, 15) is 13.2 Å². The molecule has 0 saturated carbocycles. The lowest BCUT2D eigenvalue weighted by molar-refractivity contribution is -0.120. The van der Waals surface area contributed by atoms with Crippen LogP contribution in [0.25, 0.3) is 11.3 Å². The topological polar surface area (TPSA) is 97.8 Å². The van der Waals surface area contributed by atoms with Crippen molar-refractivity contribution in [1.82, 2.24) is 9.29 Å². The molecular weight excluding hydrogens is 450 g/mol. The van der Waals surface area contributed by atoms with Crippen LogP contribution in [-0.4, -0.2) is 43.5 Å². The molecule has 2 aromatic carbocycles. The number of aromatic nitrogens is 1.